The SMILES string of the molecule is CCc1nnc(NC2CCOC(C)(C)C2)nc1CC. The molecule has 0 amide bonds. The van der Waals surface area contributed by atoms with Crippen molar-refractivity contribution in [2.45, 2.75) is 65.0 Å². The Balaban J connectivity index is 2.06. The summed E-state index contributed by atoms with van der Waals surface area (Å²) in [6, 6.07) is 0.364. The van der Waals surface area contributed by atoms with Crippen LogP contribution in [-0.4, -0.2) is 33.4 Å². The van der Waals surface area contributed by atoms with Crippen LogP contribution in [0.25, 0.3) is 0 Å². The number of rotatable bonds is 4. The van der Waals surface area contributed by atoms with Gasteiger partial charge in [-0.05, 0) is 39.5 Å². The molecular formula is C14H24N4O. The van der Waals surface area contributed by atoms with Crippen LogP contribution < -0.4 is 5.32 Å². The highest BCUT2D eigenvalue weighted by Gasteiger charge is 2.29. The minimum atomic E-state index is -0.0692. The van der Waals surface area contributed by atoms with Crippen LogP contribution in [0.4, 0.5) is 5.95 Å². The van der Waals surface area contributed by atoms with E-state index in [0.29, 0.717) is 12.0 Å². The second-order valence-corrected chi connectivity index (χ2v) is 5.68. The molecule has 1 unspecified atom stereocenters. The van der Waals surface area contributed by atoms with E-state index in [2.05, 4.69) is 48.2 Å². The molecular weight excluding hydrogens is 240 g/mol. The van der Waals surface area contributed by atoms with E-state index in [1.165, 1.54) is 0 Å². The summed E-state index contributed by atoms with van der Waals surface area (Å²) < 4.78 is 5.72. The fraction of sp³-hybridized carbons (Fsp3) is 0.786. The number of aromatic nitrogens is 3. The van der Waals surface area contributed by atoms with Crippen molar-refractivity contribution in [1.82, 2.24) is 15.2 Å². The van der Waals surface area contributed by atoms with Gasteiger partial charge in [-0.2, -0.15) is 5.10 Å². The van der Waals surface area contributed by atoms with Gasteiger partial charge >= 0.3 is 0 Å². The van der Waals surface area contributed by atoms with Crippen LogP contribution in [-0.2, 0) is 17.6 Å². The van der Waals surface area contributed by atoms with E-state index < -0.39 is 0 Å². The Labute approximate surface area is 115 Å². The molecule has 0 radical (unpaired) electrons. The number of nitrogens with zero attached hydrogens (tertiary/aromatic N) is 3. The number of nitrogens with one attached hydrogen (secondary N) is 1. The van der Waals surface area contributed by atoms with Crippen molar-refractivity contribution in [2.24, 2.45) is 0 Å². The third-order valence-corrected chi connectivity index (χ3v) is 3.54. The first kappa shape index (κ1) is 14.2. The Morgan fingerprint density at radius 1 is 1.21 bits per heavy atom. The van der Waals surface area contributed by atoms with E-state index in [-0.39, 0.29) is 5.60 Å². The highest BCUT2D eigenvalue weighted by Crippen LogP contribution is 2.25. The van der Waals surface area contributed by atoms with Gasteiger partial charge in [-0.15, -0.1) is 5.10 Å². The lowest BCUT2D eigenvalue weighted by Crippen LogP contribution is -2.40. The summed E-state index contributed by atoms with van der Waals surface area (Å²) in [7, 11) is 0. The average molecular weight is 264 g/mol. The lowest BCUT2D eigenvalue weighted by Gasteiger charge is -2.35. The molecule has 2 rings (SSSR count). The quantitative estimate of drug-likeness (QED) is 0.904. The van der Waals surface area contributed by atoms with Crippen LogP contribution in [0.3, 0.4) is 0 Å². The maximum atomic E-state index is 5.72. The summed E-state index contributed by atoms with van der Waals surface area (Å²) in [5, 5.41) is 11.8. The van der Waals surface area contributed by atoms with Gasteiger partial charge in [0.1, 0.15) is 0 Å². The molecule has 5 nitrogen and oxygen atoms in total. The van der Waals surface area contributed by atoms with Gasteiger partial charge in [0, 0.05) is 12.6 Å². The third-order valence-electron chi connectivity index (χ3n) is 3.54. The molecule has 1 atom stereocenters. The fourth-order valence-electron chi connectivity index (χ4n) is 2.54. The van der Waals surface area contributed by atoms with E-state index in [1.807, 2.05) is 0 Å². The lowest BCUT2D eigenvalue weighted by atomic mass is 9.94. The van der Waals surface area contributed by atoms with Crippen molar-refractivity contribution in [2.75, 3.05) is 11.9 Å². The van der Waals surface area contributed by atoms with Gasteiger partial charge < -0.3 is 10.1 Å². The summed E-state index contributed by atoms with van der Waals surface area (Å²) >= 11 is 0. The first-order chi connectivity index (χ1) is 9.04. The molecule has 1 N–H and O–H groups in total. The molecule has 1 saturated heterocycles. The summed E-state index contributed by atoms with van der Waals surface area (Å²) in [4.78, 5) is 4.58. The van der Waals surface area contributed by atoms with Gasteiger partial charge in [0.15, 0.2) is 0 Å². The number of hydrogen-bond donors (Lipinski definition) is 1. The van der Waals surface area contributed by atoms with Crippen LogP contribution in [0.15, 0.2) is 0 Å². The lowest BCUT2D eigenvalue weighted by molar-refractivity contribution is -0.0554. The Kier molecular flexibility index (Phi) is 4.34. The zero-order valence-corrected chi connectivity index (χ0v) is 12.4. The van der Waals surface area contributed by atoms with Crippen molar-refractivity contribution in [1.29, 1.82) is 0 Å². The highest BCUT2D eigenvalue weighted by molar-refractivity contribution is 5.27. The molecule has 0 saturated carbocycles. The highest BCUT2D eigenvalue weighted by atomic mass is 16.5. The van der Waals surface area contributed by atoms with Gasteiger partial charge in [0.25, 0.3) is 0 Å². The molecule has 1 aromatic rings. The maximum Gasteiger partial charge on any atom is 0.243 e. The van der Waals surface area contributed by atoms with Crippen molar-refractivity contribution < 1.29 is 4.74 Å². The molecule has 2 heterocycles. The van der Waals surface area contributed by atoms with Crippen molar-refractivity contribution in [3.63, 3.8) is 0 Å². The second kappa shape index (κ2) is 5.82. The second-order valence-electron chi connectivity index (χ2n) is 5.68. The molecule has 1 fully saturated rings. The molecule has 19 heavy (non-hydrogen) atoms. The molecule has 106 valence electrons. The first-order valence-corrected chi connectivity index (χ1v) is 7.17. The van der Waals surface area contributed by atoms with E-state index in [1.54, 1.807) is 0 Å². The molecule has 0 spiro atoms. The van der Waals surface area contributed by atoms with Gasteiger partial charge in [0.2, 0.25) is 5.95 Å². The minimum absolute atomic E-state index is 0.0692. The van der Waals surface area contributed by atoms with E-state index in [4.69, 9.17) is 4.74 Å². The van der Waals surface area contributed by atoms with Crippen LogP contribution in [0.1, 0.15) is 51.9 Å². The number of aryl methyl sites for hydroxylation is 2. The van der Waals surface area contributed by atoms with Crippen LogP contribution >= 0.6 is 0 Å². The molecule has 5 heteroatoms. The largest absolute Gasteiger partial charge is 0.375 e. The summed E-state index contributed by atoms with van der Waals surface area (Å²) in [5.74, 6) is 0.650. The van der Waals surface area contributed by atoms with Crippen molar-refractivity contribution in [3.8, 4) is 0 Å². The Hall–Kier alpha value is -1.23. The number of ether oxygens (including phenoxy) is 1. The normalized spacial score (nSPS) is 22.2. The summed E-state index contributed by atoms with van der Waals surface area (Å²) in [6.07, 6.45) is 3.73. The van der Waals surface area contributed by atoms with Crippen LogP contribution in [0, 0.1) is 0 Å². The van der Waals surface area contributed by atoms with Gasteiger partial charge in [-0.1, -0.05) is 13.8 Å². The zero-order valence-electron chi connectivity index (χ0n) is 12.4. The number of anilines is 1. The van der Waals surface area contributed by atoms with E-state index >= 15 is 0 Å². The van der Waals surface area contributed by atoms with E-state index in [0.717, 1.165) is 43.7 Å². The van der Waals surface area contributed by atoms with Crippen molar-refractivity contribution in [3.05, 3.63) is 11.4 Å². The maximum absolute atomic E-state index is 5.72. The minimum Gasteiger partial charge on any atom is -0.375 e. The molecule has 1 aliphatic heterocycles. The van der Waals surface area contributed by atoms with Crippen molar-refractivity contribution >= 4 is 5.95 Å². The van der Waals surface area contributed by atoms with Crippen LogP contribution in [0.5, 0.6) is 0 Å². The summed E-state index contributed by atoms with van der Waals surface area (Å²) in [6.45, 7) is 9.21. The smallest absolute Gasteiger partial charge is 0.243 e. The fourth-order valence-corrected chi connectivity index (χ4v) is 2.54. The Bertz CT molecular complexity index is 433. The first-order valence-electron chi connectivity index (χ1n) is 7.17. The van der Waals surface area contributed by atoms with Gasteiger partial charge in [-0.25, -0.2) is 4.98 Å². The molecule has 0 bridgehead atoms. The molecule has 0 aliphatic carbocycles. The zero-order chi connectivity index (χ0) is 13.9. The average Bonchev–Trinajstić information content (AvgIpc) is 2.37. The Morgan fingerprint density at radius 2 is 1.95 bits per heavy atom. The van der Waals surface area contributed by atoms with E-state index in [9.17, 15) is 0 Å². The van der Waals surface area contributed by atoms with Gasteiger partial charge in [-0.3, -0.25) is 0 Å². The standard InChI is InChI=1S/C14H24N4O/c1-5-11-12(6-2)17-18-13(16-11)15-10-7-8-19-14(3,4)9-10/h10H,5-9H2,1-4H3,(H,15,16,18). The third kappa shape index (κ3) is 3.62. The number of hydrogen-bond acceptors (Lipinski definition) is 5. The predicted octanol–water partition coefficient (Wildman–Crippen LogP) is 2.37. The monoisotopic (exact) mass is 264 g/mol. The van der Waals surface area contributed by atoms with Crippen LogP contribution in [0.2, 0.25) is 0 Å². The molecule has 1 aromatic heterocycles. The Morgan fingerprint density at radius 3 is 2.58 bits per heavy atom. The van der Waals surface area contributed by atoms with Gasteiger partial charge in [0.05, 0.1) is 17.0 Å². The summed E-state index contributed by atoms with van der Waals surface area (Å²) in [5.41, 5.74) is 1.98. The molecule has 0 aromatic carbocycles. The predicted molar refractivity (Wildman–Crippen MR) is 75.3 cm³/mol. The molecule has 1 aliphatic rings. The topological polar surface area (TPSA) is 59.9 Å².